The number of para-hydroxylation sites is 1. The third-order valence-corrected chi connectivity index (χ3v) is 2.67. The number of nitrogens with zero attached hydrogens (tertiary/aromatic N) is 1. The van der Waals surface area contributed by atoms with Gasteiger partial charge in [-0.05, 0) is 24.3 Å². The predicted octanol–water partition coefficient (Wildman–Crippen LogP) is 3.19. The van der Waals surface area contributed by atoms with Gasteiger partial charge in [0.1, 0.15) is 11.1 Å². The van der Waals surface area contributed by atoms with E-state index in [0.717, 1.165) is 5.56 Å². The van der Waals surface area contributed by atoms with Crippen molar-refractivity contribution < 1.29 is 14.3 Å². The van der Waals surface area contributed by atoms with Gasteiger partial charge in [-0.15, -0.1) is 0 Å². The SMILES string of the molecule is O=C(O)c1cccc2nc(-c3ccccc3)oc12. The molecule has 0 fully saturated rings. The summed E-state index contributed by atoms with van der Waals surface area (Å²) in [6, 6.07) is 14.3. The summed E-state index contributed by atoms with van der Waals surface area (Å²) >= 11 is 0. The Morgan fingerprint density at radius 1 is 1.06 bits per heavy atom. The van der Waals surface area contributed by atoms with Crippen LogP contribution in [0, 0.1) is 0 Å². The molecule has 3 rings (SSSR count). The fraction of sp³-hybridized carbons (Fsp3) is 0. The molecule has 0 radical (unpaired) electrons. The summed E-state index contributed by atoms with van der Waals surface area (Å²) in [5.41, 5.74) is 1.81. The van der Waals surface area contributed by atoms with E-state index in [1.807, 2.05) is 30.3 Å². The summed E-state index contributed by atoms with van der Waals surface area (Å²) in [6.45, 7) is 0. The summed E-state index contributed by atoms with van der Waals surface area (Å²) in [6.07, 6.45) is 0. The van der Waals surface area contributed by atoms with Crippen LogP contribution in [0.1, 0.15) is 10.4 Å². The Kier molecular flexibility index (Phi) is 2.34. The maximum absolute atomic E-state index is 11.1. The first-order valence-electron chi connectivity index (χ1n) is 5.44. The van der Waals surface area contributed by atoms with Crippen molar-refractivity contribution in [3.05, 3.63) is 54.1 Å². The highest BCUT2D eigenvalue weighted by Crippen LogP contribution is 2.26. The number of fused-ring (bicyclic) bond motifs is 1. The average Bonchev–Trinajstić information content (AvgIpc) is 2.83. The van der Waals surface area contributed by atoms with Crippen molar-refractivity contribution in [2.75, 3.05) is 0 Å². The van der Waals surface area contributed by atoms with Gasteiger partial charge in [0.25, 0.3) is 0 Å². The van der Waals surface area contributed by atoms with Crippen LogP contribution in [0.5, 0.6) is 0 Å². The van der Waals surface area contributed by atoms with Crippen LogP contribution < -0.4 is 0 Å². The summed E-state index contributed by atoms with van der Waals surface area (Å²) < 4.78 is 5.55. The van der Waals surface area contributed by atoms with Crippen molar-refractivity contribution in [2.45, 2.75) is 0 Å². The molecule has 4 heteroatoms. The molecule has 0 bridgehead atoms. The van der Waals surface area contributed by atoms with Crippen LogP contribution in [0.15, 0.2) is 52.9 Å². The van der Waals surface area contributed by atoms with Gasteiger partial charge in [0.2, 0.25) is 5.89 Å². The Morgan fingerprint density at radius 3 is 2.56 bits per heavy atom. The number of hydrogen-bond acceptors (Lipinski definition) is 3. The number of oxazole rings is 1. The van der Waals surface area contributed by atoms with E-state index in [2.05, 4.69) is 4.98 Å². The van der Waals surface area contributed by atoms with E-state index in [1.165, 1.54) is 6.07 Å². The molecule has 3 aromatic rings. The number of carboxylic acid groups (broad SMARTS) is 1. The van der Waals surface area contributed by atoms with E-state index >= 15 is 0 Å². The van der Waals surface area contributed by atoms with Gasteiger partial charge in [-0.3, -0.25) is 0 Å². The van der Waals surface area contributed by atoms with Crippen LogP contribution in [-0.4, -0.2) is 16.1 Å². The summed E-state index contributed by atoms with van der Waals surface area (Å²) in [5, 5.41) is 9.07. The summed E-state index contributed by atoms with van der Waals surface area (Å²) in [5.74, 6) is -0.587. The Morgan fingerprint density at radius 2 is 1.83 bits per heavy atom. The maximum Gasteiger partial charge on any atom is 0.339 e. The zero-order chi connectivity index (χ0) is 12.5. The number of aromatic nitrogens is 1. The Labute approximate surface area is 103 Å². The molecular formula is C14H9NO3. The van der Waals surface area contributed by atoms with E-state index in [1.54, 1.807) is 12.1 Å². The number of carboxylic acids is 1. The second kappa shape index (κ2) is 4.00. The van der Waals surface area contributed by atoms with Gasteiger partial charge >= 0.3 is 5.97 Å². The van der Waals surface area contributed by atoms with Gasteiger partial charge in [0.05, 0.1) is 0 Å². The Bertz CT molecular complexity index is 716. The molecule has 0 aliphatic carbocycles. The molecule has 0 aliphatic rings. The third kappa shape index (κ3) is 1.64. The van der Waals surface area contributed by atoms with Gasteiger partial charge in [-0.2, -0.15) is 0 Å². The monoisotopic (exact) mass is 239 g/mol. The first-order valence-corrected chi connectivity index (χ1v) is 5.44. The first kappa shape index (κ1) is 10.5. The van der Waals surface area contributed by atoms with Crippen molar-refractivity contribution in [3.8, 4) is 11.5 Å². The molecule has 1 heterocycles. The van der Waals surface area contributed by atoms with Gasteiger partial charge < -0.3 is 9.52 Å². The average molecular weight is 239 g/mol. The van der Waals surface area contributed by atoms with Crippen LogP contribution in [-0.2, 0) is 0 Å². The van der Waals surface area contributed by atoms with Crippen LogP contribution >= 0.6 is 0 Å². The lowest BCUT2D eigenvalue weighted by atomic mass is 10.2. The predicted molar refractivity (Wildman–Crippen MR) is 66.4 cm³/mol. The van der Waals surface area contributed by atoms with E-state index in [0.29, 0.717) is 17.0 Å². The number of rotatable bonds is 2. The number of carbonyl (C=O) groups is 1. The maximum atomic E-state index is 11.1. The van der Waals surface area contributed by atoms with Crippen LogP contribution in [0.2, 0.25) is 0 Å². The van der Waals surface area contributed by atoms with Gasteiger partial charge in [-0.1, -0.05) is 24.3 Å². The molecule has 1 aromatic heterocycles. The molecule has 0 spiro atoms. The smallest absolute Gasteiger partial charge is 0.339 e. The summed E-state index contributed by atoms with van der Waals surface area (Å²) in [7, 11) is 0. The highest BCUT2D eigenvalue weighted by Gasteiger charge is 2.15. The lowest BCUT2D eigenvalue weighted by molar-refractivity contribution is 0.0698. The van der Waals surface area contributed by atoms with E-state index in [-0.39, 0.29) is 5.56 Å². The van der Waals surface area contributed by atoms with Crippen molar-refractivity contribution in [3.63, 3.8) is 0 Å². The molecule has 0 saturated heterocycles. The lowest BCUT2D eigenvalue weighted by Gasteiger charge is -1.94. The molecule has 1 N–H and O–H groups in total. The minimum atomic E-state index is -1.02. The quantitative estimate of drug-likeness (QED) is 0.745. The molecule has 4 nitrogen and oxygen atoms in total. The molecule has 18 heavy (non-hydrogen) atoms. The lowest BCUT2D eigenvalue weighted by Crippen LogP contribution is -1.95. The van der Waals surface area contributed by atoms with Crippen molar-refractivity contribution in [1.29, 1.82) is 0 Å². The molecule has 2 aromatic carbocycles. The molecule has 0 unspecified atom stereocenters. The van der Waals surface area contributed by atoms with Crippen molar-refractivity contribution >= 4 is 17.1 Å². The number of hydrogen-bond donors (Lipinski definition) is 1. The standard InChI is InChI=1S/C14H9NO3/c16-14(17)10-7-4-8-11-12(10)18-13(15-11)9-5-2-1-3-6-9/h1-8H,(H,16,17). The topological polar surface area (TPSA) is 63.3 Å². The molecule has 0 amide bonds. The second-order valence-electron chi connectivity index (χ2n) is 3.84. The zero-order valence-electron chi connectivity index (χ0n) is 9.33. The fourth-order valence-corrected chi connectivity index (χ4v) is 1.82. The zero-order valence-corrected chi connectivity index (χ0v) is 9.33. The van der Waals surface area contributed by atoms with E-state index in [4.69, 9.17) is 9.52 Å². The van der Waals surface area contributed by atoms with E-state index in [9.17, 15) is 4.79 Å². The molecule has 0 saturated carbocycles. The largest absolute Gasteiger partial charge is 0.478 e. The minimum Gasteiger partial charge on any atom is -0.478 e. The number of benzene rings is 2. The van der Waals surface area contributed by atoms with Crippen molar-refractivity contribution in [2.24, 2.45) is 0 Å². The molecule has 0 aliphatic heterocycles. The van der Waals surface area contributed by atoms with Crippen LogP contribution in [0.3, 0.4) is 0 Å². The van der Waals surface area contributed by atoms with Crippen LogP contribution in [0.25, 0.3) is 22.6 Å². The second-order valence-corrected chi connectivity index (χ2v) is 3.84. The molecule has 88 valence electrons. The van der Waals surface area contributed by atoms with Gasteiger partial charge in [0, 0.05) is 5.56 Å². The third-order valence-electron chi connectivity index (χ3n) is 2.67. The fourth-order valence-electron chi connectivity index (χ4n) is 1.82. The van der Waals surface area contributed by atoms with Crippen molar-refractivity contribution in [1.82, 2.24) is 4.98 Å². The van der Waals surface area contributed by atoms with Gasteiger partial charge in [0.15, 0.2) is 5.58 Å². The Balaban J connectivity index is 2.23. The minimum absolute atomic E-state index is 0.127. The molecular weight excluding hydrogens is 230 g/mol. The first-order chi connectivity index (χ1) is 8.75. The van der Waals surface area contributed by atoms with Gasteiger partial charge in [-0.25, -0.2) is 9.78 Å². The van der Waals surface area contributed by atoms with Crippen LogP contribution in [0.4, 0.5) is 0 Å². The number of aromatic carboxylic acids is 1. The Hall–Kier alpha value is -2.62. The normalized spacial score (nSPS) is 10.7. The van der Waals surface area contributed by atoms with E-state index < -0.39 is 5.97 Å². The highest BCUT2D eigenvalue weighted by atomic mass is 16.4. The molecule has 0 atom stereocenters. The highest BCUT2D eigenvalue weighted by molar-refractivity contribution is 6.00. The summed E-state index contributed by atoms with van der Waals surface area (Å²) in [4.78, 5) is 15.4.